The average Bonchev–Trinajstić information content (AvgIpc) is 3.32. The summed E-state index contributed by atoms with van der Waals surface area (Å²) in [6.07, 6.45) is -1.25. The molecule has 0 aliphatic rings. The predicted molar refractivity (Wildman–Crippen MR) is 240 cm³/mol. The van der Waals surface area contributed by atoms with Crippen molar-refractivity contribution in [3.05, 3.63) is 168 Å². The van der Waals surface area contributed by atoms with E-state index in [9.17, 15) is 19.2 Å². The first-order valence-electron chi connectivity index (χ1n) is 20.7. The highest BCUT2D eigenvalue weighted by Gasteiger charge is 2.17. The van der Waals surface area contributed by atoms with Crippen molar-refractivity contribution in [1.82, 2.24) is 0 Å². The maximum atomic E-state index is 12.8. The van der Waals surface area contributed by atoms with Crippen LogP contribution in [0.15, 0.2) is 166 Å². The van der Waals surface area contributed by atoms with E-state index in [0.29, 0.717) is 47.1 Å². The zero-order valence-electron chi connectivity index (χ0n) is 36.1. The van der Waals surface area contributed by atoms with Crippen molar-refractivity contribution in [2.24, 2.45) is 20.5 Å². The van der Waals surface area contributed by atoms with Gasteiger partial charge in [-0.2, -0.15) is 20.5 Å². The second-order valence-corrected chi connectivity index (χ2v) is 14.1. The topological polar surface area (TPSA) is 182 Å². The fourth-order valence-corrected chi connectivity index (χ4v) is 5.73. The number of nitrogens with zero attached hydrogens (tertiary/aromatic N) is 4. The number of ether oxygens (including phenoxy) is 7. The molecule has 0 unspecified atom stereocenters. The summed E-state index contributed by atoms with van der Waals surface area (Å²) in [5.74, 6) is -0.384. The molecule has 0 amide bonds. The molecule has 15 heteroatoms. The van der Waals surface area contributed by atoms with Crippen LogP contribution in [0.4, 0.5) is 22.7 Å². The smallest absolute Gasteiger partial charge is 0.343 e. The van der Waals surface area contributed by atoms with Gasteiger partial charge in [0.2, 0.25) is 0 Å². The lowest BCUT2D eigenvalue weighted by atomic mass is 10.2. The second kappa shape index (κ2) is 23.4. The monoisotopic (exact) mass is 878 g/mol. The highest BCUT2D eigenvalue weighted by Crippen LogP contribution is 2.25. The van der Waals surface area contributed by atoms with Crippen molar-refractivity contribution >= 4 is 46.6 Å². The van der Waals surface area contributed by atoms with Gasteiger partial charge in [0, 0.05) is 0 Å². The molecular formula is C50H46N4O11. The van der Waals surface area contributed by atoms with Crippen molar-refractivity contribution < 1.29 is 52.3 Å². The van der Waals surface area contributed by atoms with Crippen LogP contribution in [0.1, 0.15) is 69.1 Å². The van der Waals surface area contributed by atoms with Crippen LogP contribution in [0.5, 0.6) is 23.0 Å². The SMILES string of the molecule is CCOc1ccc(N=Nc2ccc(C(=O)Oc3ccc(C(=O)O[C@@H](C)COC[C@H](C)OC(=O)c4ccc(OC(=O)c5ccc(N=Nc6ccc(OCC)cc6)cc5)cc4)cc3)cc2)cc1. The Morgan fingerprint density at radius 1 is 0.385 bits per heavy atom. The van der Waals surface area contributed by atoms with Gasteiger partial charge in [0.25, 0.3) is 0 Å². The molecule has 6 aromatic carbocycles. The van der Waals surface area contributed by atoms with E-state index in [1.807, 2.05) is 38.1 Å². The van der Waals surface area contributed by atoms with Crippen LogP contribution in [-0.4, -0.2) is 62.5 Å². The molecule has 0 aliphatic carbocycles. The standard InChI is InChI=1S/C50H46N4O11/c1-5-60-43-27-19-41(20-28-43)53-51-39-15-7-35(8-16-39)49(57)64-45-23-11-37(12-24-45)47(55)62-33(3)31-59-32-34(4)63-48(56)38-13-25-46(26-14-38)65-50(58)36-9-17-40(18-10-36)52-54-42-21-29-44(30-22-42)61-6-2/h7-30,33-34H,5-6,31-32H2,1-4H3/t33-,34-/m0/s1. The van der Waals surface area contributed by atoms with Gasteiger partial charge in [-0.1, -0.05) is 0 Å². The number of esters is 4. The number of hydrogen-bond acceptors (Lipinski definition) is 15. The molecule has 0 saturated carbocycles. The highest BCUT2D eigenvalue weighted by molar-refractivity contribution is 5.93. The Balaban J connectivity index is 0.867. The average molecular weight is 879 g/mol. The summed E-state index contributed by atoms with van der Waals surface area (Å²) in [6, 6.07) is 39.3. The van der Waals surface area contributed by atoms with Crippen molar-refractivity contribution in [3.8, 4) is 23.0 Å². The fraction of sp³-hybridized carbons (Fsp3) is 0.200. The Labute approximate surface area is 375 Å². The number of carbonyl (C=O) groups excluding carboxylic acids is 4. The molecule has 15 nitrogen and oxygen atoms in total. The van der Waals surface area contributed by atoms with Gasteiger partial charge in [-0.3, -0.25) is 0 Å². The van der Waals surface area contributed by atoms with E-state index in [1.165, 1.54) is 48.5 Å². The first-order valence-corrected chi connectivity index (χ1v) is 20.7. The molecule has 2 atom stereocenters. The van der Waals surface area contributed by atoms with Gasteiger partial charge >= 0.3 is 23.9 Å². The van der Waals surface area contributed by atoms with Crippen LogP contribution >= 0.6 is 0 Å². The molecule has 0 heterocycles. The van der Waals surface area contributed by atoms with Gasteiger partial charge in [-0.15, -0.1) is 0 Å². The zero-order valence-corrected chi connectivity index (χ0v) is 36.1. The van der Waals surface area contributed by atoms with Crippen molar-refractivity contribution in [1.29, 1.82) is 0 Å². The molecule has 0 spiro atoms. The van der Waals surface area contributed by atoms with Crippen LogP contribution in [0.2, 0.25) is 0 Å². The number of hydrogen-bond donors (Lipinski definition) is 0. The molecule has 0 radical (unpaired) electrons. The molecular weight excluding hydrogens is 833 g/mol. The molecule has 65 heavy (non-hydrogen) atoms. The summed E-state index contributed by atoms with van der Waals surface area (Å²) >= 11 is 0. The van der Waals surface area contributed by atoms with Gasteiger partial charge < -0.3 is 33.2 Å². The highest BCUT2D eigenvalue weighted by atomic mass is 16.6. The summed E-state index contributed by atoms with van der Waals surface area (Å²) in [7, 11) is 0. The van der Waals surface area contributed by atoms with Crippen LogP contribution in [0, 0.1) is 0 Å². The van der Waals surface area contributed by atoms with Crippen molar-refractivity contribution in [2.45, 2.75) is 39.9 Å². The van der Waals surface area contributed by atoms with Crippen LogP contribution in [0.3, 0.4) is 0 Å². The molecule has 0 aromatic heterocycles. The third-order valence-corrected chi connectivity index (χ3v) is 8.99. The van der Waals surface area contributed by atoms with E-state index >= 15 is 0 Å². The minimum atomic E-state index is -0.625. The largest absolute Gasteiger partial charge is 0.494 e. The molecule has 0 saturated heterocycles. The number of rotatable bonds is 20. The first kappa shape index (κ1) is 46.5. The summed E-state index contributed by atoms with van der Waals surface area (Å²) < 4.78 is 38.4. The number of azo groups is 2. The van der Waals surface area contributed by atoms with Crippen LogP contribution in [-0.2, 0) is 14.2 Å². The number of benzene rings is 6. The molecule has 6 aromatic rings. The molecule has 0 bridgehead atoms. The normalized spacial score (nSPS) is 12.0. The molecule has 0 N–H and O–H groups in total. The lowest BCUT2D eigenvalue weighted by molar-refractivity contribution is -0.0262. The quantitative estimate of drug-likeness (QED) is 0.0404. The van der Waals surface area contributed by atoms with Gasteiger partial charge in [0.05, 0.1) is 71.4 Å². The lowest BCUT2D eigenvalue weighted by Crippen LogP contribution is -2.25. The summed E-state index contributed by atoms with van der Waals surface area (Å²) in [6.45, 7) is 8.40. The van der Waals surface area contributed by atoms with Crippen molar-refractivity contribution in [2.75, 3.05) is 26.4 Å². The second-order valence-electron chi connectivity index (χ2n) is 14.1. The zero-order chi connectivity index (χ0) is 46.0. The molecule has 0 aliphatic heterocycles. The maximum absolute atomic E-state index is 12.8. The van der Waals surface area contributed by atoms with E-state index in [4.69, 9.17) is 33.2 Å². The first-order chi connectivity index (χ1) is 31.5. The summed E-state index contributed by atoms with van der Waals surface area (Å²) in [5.41, 5.74) is 3.53. The minimum absolute atomic E-state index is 0.0434. The van der Waals surface area contributed by atoms with Crippen LogP contribution in [0.25, 0.3) is 0 Å². The Hall–Kier alpha value is -8.04. The third-order valence-electron chi connectivity index (χ3n) is 8.99. The molecule has 0 fully saturated rings. The van der Waals surface area contributed by atoms with Gasteiger partial charge in [-0.05, 0) is 173 Å². The van der Waals surface area contributed by atoms with E-state index < -0.39 is 36.1 Å². The number of carbonyl (C=O) groups is 4. The maximum Gasteiger partial charge on any atom is 0.343 e. The predicted octanol–water partition coefficient (Wildman–Crippen LogP) is 11.6. The van der Waals surface area contributed by atoms with E-state index in [2.05, 4.69) is 20.5 Å². The summed E-state index contributed by atoms with van der Waals surface area (Å²) in [5, 5.41) is 16.8. The summed E-state index contributed by atoms with van der Waals surface area (Å²) in [4.78, 5) is 51.0. The Morgan fingerprint density at radius 3 is 0.954 bits per heavy atom. The molecule has 332 valence electrons. The van der Waals surface area contributed by atoms with Gasteiger partial charge in [-0.25, -0.2) is 19.2 Å². The Kier molecular flexibility index (Phi) is 16.7. The van der Waals surface area contributed by atoms with Gasteiger partial charge in [0.15, 0.2) is 0 Å². The molecule has 6 rings (SSSR count). The Morgan fingerprint density at radius 2 is 0.646 bits per heavy atom. The van der Waals surface area contributed by atoms with E-state index in [-0.39, 0.29) is 35.8 Å². The van der Waals surface area contributed by atoms with E-state index in [0.717, 1.165) is 11.5 Å². The minimum Gasteiger partial charge on any atom is -0.494 e. The lowest BCUT2D eigenvalue weighted by Gasteiger charge is -2.17. The van der Waals surface area contributed by atoms with Gasteiger partial charge in [0.1, 0.15) is 35.2 Å². The third kappa shape index (κ3) is 14.5. The fourth-order valence-electron chi connectivity index (χ4n) is 5.73. The van der Waals surface area contributed by atoms with E-state index in [1.54, 1.807) is 86.6 Å². The Bertz CT molecular complexity index is 2380. The van der Waals surface area contributed by atoms with Crippen LogP contribution < -0.4 is 18.9 Å². The van der Waals surface area contributed by atoms with Crippen molar-refractivity contribution in [3.63, 3.8) is 0 Å².